The zero-order chi connectivity index (χ0) is 18.7. The van der Waals surface area contributed by atoms with Crippen molar-refractivity contribution in [2.75, 3.05) is 11.1 Å². The Morgan fingerprint density at radius 3 is 2.77 bits per heavy atom. The topological polar surface area (TPSA) is 108 Å². The van der Waals surface area contributed by atoms with Gasteiger partial charge in [0.05, 0.1) is 17.5 Å². The van der Waals surface area contributed by atoms with Crippen molar-refractivity contribution in [3.8, 4) is 17.1 Å². The van der Waals surface area contributed by atoms with Gasteiger partial charge < -0.3 is 15.4 Å². The molecule has 0 saturated heterocycles. The highest BCUT2D eigenvalue weighted by atomic mass is 35.5. The van der Waals surface area contributed by atoms with Gasteiger partial charge in [-0.15, -0.1) is 11.3 Å². The molecule has 0 spiro atoms. The number of nitrogens with zero attached hydrogens (tertiary/aromatic N) is 2. The van der Waals surface area contributed by atoms with Crippen LogP contribution in [0.25, 0.3) is 11.3 Å². The molecule has 0 aliphatic rings. The summed E-state index contributed by atoms with van der Waals surface area (Å²) < 4.78 is 0. The number of aromatic amines is 1. The van der Waals surface area contributed by atoms with Crippen molar-refractivity contribution in [1.82, 2.24) is 15.0 Å². The minimum atomic E-state index is -0.483. The molecule has 0 unspecified atom stereocenters. The third-order valence-electron chi connectivity index (χ3n) is 3.21. The predicted octanol–water partition coefficient (Wildman–Crippen LogP) is 3.29. The average Bonchev–Trinajstić information content (AvgIpc) is 2.93. The Kier molecular flexibility index (Phi) is 5.60. The molecule has 0 bridgehead atoms. The number of nitrogens with one attached hydrogen (secondary N) is 2. The van der Waals surface area contributed by atoms with Crippen molar-refractivity contribution in [1.29, 1.82) is 0 Å². The van der Waals surface area contributed by atoms with Gasteiger partial charge in [-0.05, 0) is 19.1 Å². The molecule has 2 aromatic heterocycles. The first-order chi connectivity index (χ1) is 12.4. The number of benzene rings is 1. The Morgan fingerprint density at radius 1 is 1.35 bits per heavy atom. The number of amides is 1. The van der Waals surface area contributed by atoms with Crippen LogP contribution in [0.15, 0.2) is 40.3 Å². The molecule has 0 aliphatic heterocycles. The van der Waals surface area contributed by atoms with Crippen LogP contribution in [0.4, 0.5) is 5.13 Å². The molecule has 1 amide bonds. The summed E-state index contributed by atoms with van der Waals surface area (Å²) in [6.45, 7) is 1.92. The number of carbonyl (C=O) groups is 1. The minimum Gasteiger partial charge on any atom is -0.493 e. The summed E-state index contributed by atoms with van der Waals surface area (Å²) in [5, 5.41) is 13.3. The summed E-state index contributed by atoms with van der Waals surface area (Å²) in [5.74, 6) is -0.668. The quantitative estimate of drug-likeness (QED) is 0.441. The summed E-state index contributed by atoms with van der Waals surface area (Å²) in [6, 6.07) is 8.27. The molecule has 1 aromatic carbocycles. The fourth-order valence-electron chi connectivity index (χ4n) is 2.11. The number of thiazole rings is 1. The van der Waals surface area contributed by atoms with Crippen molar-refractivity contribution < 1.29 is 9.90 Å². The first-order valence-electron chi connectivity index (χ1n) is 7.37. The van der Waals surface area contributed by atoms with Gasteiger partial charge in [-0.2, -0.15) is 4.98 Å². The number of hydrogen-bond acceptors (Lipinski definition) is 7. The van der Waals surface area contributed by atoms with Crippen molar-refractivity contribution >= 4 is 45.7 Å². The van der Waals surface area contributed by atoms with Crippen LogP contribution in [0.5, 0.6) is 5.88 Å². The van der Waals surface area contributed by atoms with Crippen LogP contribution in [-0.2, 0) is 4.79 Å². The normalized spacial score (nSPS) is 10.7. The zero-order valence-corrected chi connectivity index (χ0v) is 15.8. The molecular weight excluding hydrogens is 396 g/mol. The average molecular weight is 409 g/mol. The van der Waals surface area contributed by atoms with Crippen molar-refractivity contribution in [3.05, 3.63) is 50.6 Å². The van der Waals surface area contributed by atoms with Gasteiger partial charge in [-0.3, -0.25) is 9.59 Å². The molecule has 3 rings (SSSR count). The van der Waals surface area contributed by atoms with Gasteiger partial charge in [0, 0.05) is 15.5 Å². The van der Waals surface area contributed by atoms with Gasteiger partial charge in [-0.1, -0.05) is 35.5 Å². The number of halogens is 1. The Hall–Kier alpha value is -2.36. The summed E-state index contributed by atoms with van der Waals surface area (Å²) in [5.41, 5.74) is 1.22. The monoisotopic (exact) mass is 408 g/mol. The maximum absolute atomic E-state index is 12.1. The molecule has 7 nitrogen and oxygen atoms in total. The van der Waals surface area contributed by atoms with E-state index in [4.69, 9.17) is 11.6 Å². The molecule has 10 heteroatoms. The van der Waals surface area contributed by atoms with Gasteiger partial charge in [0.15, 0.2) is 10.3 Å². The summed E-state index contributed by atoms with van der Waals surface area (Å²) in [7, 11) is 0. The van der Waals surface area contributed by atoms with Crippen molar-refractivity contribution in [2.24, 2.45) is 0 Å². The van der Waals surface area contributed by atoms with E-state index in [-0.39, 0.29) is 22.7 Å². The Balaban J connectivity index is 1.65. The second-order valence-electron chi connectivity index (χ2n) is 5.18. The van der Waals surface area contributed by atoms with E-state index in [1.807, 2.05) is 19.1 Å². The molecular formula is C16H13ClN4O3S2. The highest BCUT2D eigenvalue weighted by molar-refractivity contribution is 7.99. The van der Waals surface area contributed by atoms with Crippen LogP contribution in [0.2, 0.25) is 5.02 Å². The van der Waals surface area contributed by atoms with E-state index in [2.05, 4.69) is 20.3 Å². The van der Waals surface area contributed by atoms with Crippen LogP contribution in [0, 0.1) is 6.92 Å². The molecule has 3 aromatic rings. The first kappa shape index (κ1) is 18.4. The zero-order valence-electron chi connectivity index (χ0n) is 13.4. The molecule has 0 saturated carbocycles. The number of hydrogen-bond donors (Lipinski definition) is 3. The molecule has 2 heterocycles. The Labute approximate surface area is 161 Å². The minimum absolute atomic E-state index is 0.0152. The van der Waals surface area contributed by atoms with E-state index < -0.39 is 5.56 Å². The maximum atomic E-state index is 12.1. The molecule has 0 fully saturated rings. The second-order valence-corrected chi connectivity index (χ2v) is 7.78. The van der Waals surface area contributed by atoms with Crippen LogP contribution < -0.4 is 10.9 Å². The first-order valence-corrected chi connectivity index (χ1v) is 9.55. The summed E-state index contributed by atoms with van der Waals surface area (Å²) in [6.07, 6.45) is 0. The number of anilines is 1. The second kappa shape index (κ2) is 7.90. The fourth-order valence-corrected chi connectivity index (χ4v) is 3.75. The fraction of sp³-hybridized carbons (Fsp3) is 0.125. The number of H-pyrrole nitrogens is 1. The standard InChI is InChI=1S/C16H13ClN4O3S2/c1-8-14(9-2-4-10(17)5-3-9)21-16(26-8)20-13(24)7-25-15-18-11(22)6-12(23)19-15/h2-6H,7H2,1H3,(H,20,21,24)(H2,18,19,22,23). The number of rotatable bonds is 5. The Bertz CT molecular complexity index is 1000. The number of aromatic hydroxyl groups is 1. The molecule has 26 heavy (non-hydrogen) atoms. The van der Waals surface area contributed by atoms with Crippen LogP contribution in [0.3, 0.4) is 0 Å². The maximum Gasteiger partial charge on any atom is 0.255 e. The third-order valence-corrected chi connectivity index (χ3v) is 5.22. The van der Waals surface area contributed by atoms with Crippen LogP contribution in [0.1, 0.15) is 4.88 Å². The largest absolute Gasteiger partial charge is 0.493 e. The van der Waals surface area contributed by atoms with Crippen LogP contribution >= 0.6 is 34.7 Å². The molecule has 3 N–H and O–H groups in total. The number of carbonyl (C=O) groups excluding carboxylic acids is 1. The lowest BCUT2D eigenvalue weighted by molar-refractivity contribution is -0.113. The van der Waals surface area contributed by atoms with Crippen molar-refractivity contribution in [3.63, 3.8) is 0 Å². The highest BCUT2D eigenvalue weighted by Gasteiger charge is 2.13. The lowest BCUT2D eigenvalue weighted by Gasteiger charge is -2.02. The van der Waals surface area contributed by atoms with Gasteiger partial charge in [0.1, 0.15) is 0 Å². The van der Waals surface area contributed by atoms with E-state index >= 15 is 0 Å². The van der Waals surface area contributed by atoms with Gasteiger partial charge in [0.25, 0.3) is 5.56 Å². The van der Waals surface area contributed by atoms with Gasteiger partial charge in [0.2, 0.25) is 11.8 Å². The van der Waals surface area contributed by atoms with E-state index in [9.17, 15) is 14.7 Å². The third kappa shape index (κ3) is 4.63. The van der Waals surface area contributed by atoms with Gasteiger partial charge >= 0.3 is 0 Å². The summed E-state index contributed by atoms with van der Waals surface area (Å²) >= 11 is 8.28. The van der Waals surface area contributed by atoms with Gasteiger partial charge in [-0.25, -0.2) is 4.98 Å². The molecule has 134 valence electrons. The highest BCUT2D eigenvalue weighted by Crippen LogP contribution is 2.31. The smallest absolute Gasteiger partial charge is 0.255 e. The Morgan fingerprint density at radius 2 is 2.08 bits per heavy atom. The molecule has 0 atom stereocenters. The lowest BCUT2D eigenvalue weighted by atomic mass is 10.1. The number of aromatic nitrogens is 3. The van der Waals surface area contributed by atoms with E-state index in [0.29, 0.717) is 10.2 Å². The number of aryl methyl sites for hydroxylation is 1. The molecule has 0 aliphatic carbocycles. The van der Waals surface area contributed by atoms with E-state index in [0.717, 1.165) is 34.0 Å². The lowest BCUT2D eigenvalue weighted by Crippen LogP contribution is -2.15. The molecule has 0 radical (unpaired) electrons. The van der Waals surface area contributed by atoms with E-state index in [1.165, 1.54) is 11.3 Å². The van der Waals surface area contributed by atoms with Crippen LogP contribution in [-0.4, -0.2) is 31.7 Å². The SMILES string of the molecule is Cc1sc(NC(=O)CSc2nc(O)cc(=O)[nH]2)nc1-c1ccc(Cl)cc1. The summed E-state index contributed by atoms with van der Waals surface area (Å²) in [4.78, 5) is 34.9. The van der Waals surface area contributed by atoms with Crippen molar-refractivity contribution in [2.45, 2.75) is 12.1 Å². The predicted molar refractivity (Wildman–Crippen MR) is 103 cm³/mol. The van der Waals surface area contributed by atoms with E-state index in [1.54, 1.807) is 12.1 Å². The number of thioether (sulfide) groups is 1.